The van der Waals surface area contributed by atoms with Crippen LogP contribution in [0.15, 0.2) is 47.7 Å². The van der Waals surface area contributed by atoms with Crippen LogP contribution in [0.25, 0.3) is 5.70 Å². The number of carbonyl (C=O) groups excluding carboxylic acids is 1. The van der Waals surface area contributed by atoms with Crippen LogP contribution in [0.2, 0.25) is 10.0 Å². The van der Waals surface area contributed by atoms with Crippen molar-refractivity contribution in [2.45, 2.75) is 45.4 Å². The zero-order valence-electron chi connectivity index (χ0n) is 19.4. The number of fused-ring (bicyclic) bond motifs is 5. The van der Waals surface area contributed by atoms with Crippen LogP contribution in [-0.2, 0) is 11.2 Å². The minimum atomic E-state index is -0.165. The van der Waals surface area contributed by atoms with Crippen molar-refractivity contribution in [3.8, 4) is 11.5 Å². The molecule has 0 amide bonds. The number of halogens is 2. The summed E-state index contributed by atoms with van der Waals surface area (Å²) in [5.74, 6) is 1.68. The first-order valence-corrected chi connectivity index (χ1v) is 12.7. The number of ketones is 1. The van der Waals surface area contributed by atoms with Gasteiger partial charge in [0.25, 0.3) is 0 Å². The van der Waals surface area contributed by atoms with Crippen molar-refractivity contribution in [3.05, 3.63) is 74.4 Å². The van der Waals surface area contributed by atoms with E-state index >= 15 is 0 Å². The number of hydrogen-bond acceptors (Lipinski definition) is 4. The van der Waals surface area contributed by atoms with Crippen LogP contribution in [0.4, 0.5) is 0 Å². The third kappa shape index (κ3) is 3.63. The molecule has 0 radical (unpaired) electrons. The SMILES string of the molecule is CC1(C)CC(=O)C2=C(C1)N1CCc3cc4c(cc3C1=C[C@H]2c1ccc(Cl)c(Cl)c1)OCCCO4. The van der Waals surface area contributed by atoms with Gasteiger partial charge in [-0.1, -0.05) is 43.1 Å². The second-order valence-corrected chi connectivity index (χ2v) is 11.2. The van der Waals surface area contributed by atoms with E-state index in [4.69, 9.17) is 32.7 Å². The molecule has 3 aliphatic heterocycles. The topological polar surface area (TPSA) is 38.8 Å². The number of hydrogen-bond donors (Lipinski definition) is 0. The van der Waals surface area contributed by atoms with Crippen LogP contribution < -0.4 is 9.47 Å². The minimum Gasteiger partial charge on any atom is -0.490 e. The first-order valence-electron chi connectivity index (χ1n) is 11.9. The van der Waals surface area contributed by atoms with Gasteiger partial charge in [-0.25, -0.2) is 0 Å². The molecule has 3 heterocycles. The standard InChI is InChI=1S/C28H27Cl2NO3/c1-28(2)14-23-27(24(32)15-28)19(16-4-5-20(29)21(30)10-16)12-22-18-13-26-25(33-8-3-9-34-26)11-17(18)6-7-31(22)23/h4-5,10-13,19H,3,6-9,14-15H2,1-2H3/t19-/m0/s1. The van der Waals surface area contributed by atoms with Crippen molar-refractivity contribution in [3.63, 3.8) is 0 Å². The second kappa shape index (κ2) is 8.07. The largest absolute Gasteiger partial charge is 0.490 e. The van der Waals surface area contributed by atoms with Crippen molar-refractivity contribution < 1.29 is 14.3 Å². The smallest absolute Gasteiger partial charge is 0.162 e. The molecule has 4 aliphatic rings. The van der Waals surface area contributed by atoms with E-state index in [2.05, 4.69) is 37.0 Å². The average molecular weight is 496 g/mol. The van der Waals surface area contributed by atoms with Gasteiger partial charge < -0.3 is 14.4 Å². The predicted octanol–water partition coefficient (Wildman–Crippen LogP) is 6.79. The van der Waals surface area contributed by atoms with Crippen molar-refractivity contribution in [2.75, 3.05) is 19.8 Å². The van der Waals surface area contributed by atoms with E-state index in [-0.39, 0.29) is 17.1 Å². The summed E-state index contributed by atoms with van der Waals surface area (Å²) in [4.78, 5) is 15.9. The molecule has 0 N–H and O–H groups in total. The highest BCUT2D eigenvalue weighted by molar-refractivity contribution is 6.42. The molecule has 34 heavy (non-hydrogen) atoms. The maximum absolute atomic E-state index is 13.5. The number of carbonyl (C=O) groups is 1. The van der Waals surface area contributed by atoms with Crippen molar-refractivity contribution >= 4 is 34.7 Å². The number of allylic oxidation sites excluding steroid dienone is 3. The molecule has 0 aromatic heterocycles. The fourth-order valence-electron chi connectivity index (χ4n) is 5.76. The quantitative estimate of drug-likeness (QED) is 0.436. The summed E-state index contributed by atoms with van der Waals surface area (Å²) < 4.78 is 12.0. The summed E-state index contributed by atoms with van der Waals surface area (Å²) in [5, 5.41) is 1.02. The van der Waals surface area contributed by atoms with Gasteiger partial charge in [-0.2, -0.15) is 0 Å². The van der Waals surface area contributed by atoms with E-state index < -0.39 is 0 Å². The highest BCUT2D eigenvalue weighted by atomic mass is 35.5. The van der Waals surface area contributed by atoms with Gasteiger partial charge in [-0.05, 0) is 59.7 Å². The summed E-state index contributed by atoms with van der Waals surface area (Å²) in [6.45, 7) is 6.54. The van der Waals surface area contributed by atoms with Crippen LogP contribution in [0.3, 0.4) is 0 Å². The zero-order valence-corrected chi connectivity index (χ0v) is 20.9. The third-order valence-corrected chi connectivity index (χ3v) is 8.04. The summed E-state index contributed by atoms with van der Waals surface area (Å²) in [6, 6.07) is 9.97. The van der Waals surface area contributed by atoms with Gasteiger partial charge in [0.2, 0.25) is 0 Å². The van der Waals surface area contributed by atoms with E-state index in [1.807, 2.05) is 18.2 Å². The molecule has 0 unspecified atom stereocenters. The summed E-state index contributed by atoms with van der Waals surface area (Å²) in [5.41, 5.74) is 6.51. The molecule has 2 aromatic carbocycles. The first-order chi connectivity index (χ1) is 16.3. The number of rotatable bonds is 1. The molecule has 0 saturated heterocycles. The molecule has 0 spiro atoms. The van der Waals surface area contributed by atoms with Crippen molar-refractivity contribution in [1.29, 1.82) is 0 Å². The lowest BCUT2D eigenvalue weighted by Gasteiger charge is -2.46. The van der Waals surface area contributed by atoms with Crippen molar-refractivity contribution in [1.82, 2.24) is 4.90 Å². The van der Waals surface area contributed by atoms with E-state index in [0.717, 1.165) is 65.4 Å². The average Bonchev–Trinajstić information content (AvgIpc) is 3.03. The minimum absolute atomic E-state index is 0.0778. The van der Waals surface area contributed by atoms with Gasteiger partial charge in [-0.3, -0.25) is 4.79 Å². The van der Waals surface area contributed by atoms with Crippen LogP contribution >= 0.6 is 23.2 Å². The Morgan fingerprint density at radius 2 is 1.76 bits per heavy atom. The molecule has 4 nitrogen and oxygen atoms in total. The Morgan fingerprint density at radius 3 is 2.53 bits per heavy atom. The first kappa shape index (κ1) is 22.1. The monoisotopic (exact) mass is 495 g/mol. The molecule has 6 heteroatoms. The highest BCUT2D eigenvalue weighted by Crippen LogP contribution is 2.51. The van der Waals surface area contributed by atoms with Gasteiger partial charge in [-0.15, -0.1) is 0 Å². The Bertz CT molecular complexity index is 1280. The van der Waals surface area contributed by atoms with E-state index in [1.165, 1.54) is 5.56 Å². The van der Waals surface area contributed by atoms with Gasteiger partial charge in [0.15, 0.2) is 17.3 Å². The number of Topliss-reactive ketones (excluding diaryl/α,β-unsaturated/α-hetero) is 1. The second-order valence-electron chi connectivity index (χ2n) is 10.4. The lowest BCUT2D eigenvalue weighted by molar-refractivity contribution is -0.118. The Morgan fingerprint density at radius 1 is 1.00 bits per heavy atom. The Hall–Kier alpha value is -2.43. The molecule has 0 fully saturated rings. The van der Waals surface area contributed by atoms with Gasteiger partial charge >= 0.3 is 0 Å². The van der Waals surface area contributed by atoms with Crippen molar-refractivity contribution in [2.24, 2.45) is 5.41 Å². The number of ether oxygens (including phenoxy) is 2. The van der Waals surface area contributed by atoms with Gasteiger partial charge in [0, 0.05) is 47.8 Å². The summed E-state index contributed by atoms with van der Waals surface area (Å²) in [6.07, 6.45) is 5.42. The van der Waals surface area contributed by atoms with Gasteiger partial charge in [0.05, 0.1) is 23.3 Å². The summed E-state index contributed by atoms with van der Waals surface area (Å²) in [7, 11) is 0. The molecule has 0 bridgehead atoms. The van der Waals surface area contributed by atoms with E-state index in [1.54, 1.807) is 0 Å². The lowest BCUT2D eigenvalue weighted by Crippen LogP contribution is -2.40. The lowest BCUT2D eigenvalue weighted by atomic mass is 9.69. The molecule has 1 atom stereocenters. The molecule has 1 aliphatic carbocycles. The molecular weight excluding hydrogens is 469 g/mol. The normalized spacial score (nSPS) is 22.9. The zero-order chi connectivity index (χ0) is 23.6. The molecular formula is C28H27Cl2NO3. The molecule has 6 rings (SSSR count). The van der Waals surface area contributed by atoms with Crippen LogP contribution in [0.5, 0.6) is 11.5 Å². The maximum Gasteiger partial charge on any atom is 0.162 e. The fraction of sp³-hybridized carbons (Fsp3) is 0.393. The Balaban J connectivity index is 1.54. The Labute approximate surface area is 210 Å². The van der Waals surface area contributed by atoms with Gasteiger partial charge in [0.1, 0.15) is 0 Å². The van der Waals surface area contributed by atoms with Crippen LogP contribution in [0.1, 0.15) is 55.7 Å². The van der Waals surface area contributed by atoms with Crippen LogP contribution in [-0.4, -0.2) is 30.4 Å². The molecule has 176 valence electrons. The maximum atomic E-state index is 13.5. The van der Waals surface area contributed by atoms with Crippen LogP contribution in [0, 0.1) is 5.41 Å². The molecule has 0 saturated carbocycles. The third-order valence-electron chi connectivity index (χ3n) is 7.31. The molecule has 2 aromatic rings. The van der Waals surface area contributed by atoms with E-state index in [9.17, 15) is 4.79 Å². The van der Waals surface area contributed by atoms with E-state index in [0.29, 0.717) is 29.7 Å². The number of nitrogens with zero attached hydrogens (tertiary/aromatic N) is 1. The summed E-state index contributed by atoms with van der Waals surface area (Å²) >= 11 is 12.6. The number of benzene rings is 2. The predicted molar refractivity (Wildman–Crippen MR) is 135 cm³/mol. The highest BCUT2D eigenvalue weighted by Gasteiger charge is 2.43. The fourth-order valence-corrected chi connectivity index (χ4v) is 6.07. The Kier molecular flexibility index (Phi) is 5.23.